The predicted octanol–water partition coefficient (Wildman–Crippen LogP) is 2.69. The number of aliphatic hydroxyl groups excluding tert-OH is 1. The summed E-state index contributed by atoms with van der Waals surface area (Å²) in [6.07, 6.45) is 0.964. The van der Waals surface area contributed by atoms with Gasteiger partial charge >= 0.3 is 0 Å². The molecule has 0 spiro atoms. The summed E-state index contributed by atoms with van der Waals surface area (Å²) in [6.45, 7) is 2.81. The van der Waals surface area contributed by atoms with Gasteiger partial charge in [-0.2, -0.15) is 5.26 Å². The Kier molecular flexibility index (Phi) is 4.24. The van der Waals surface area contributed by atoms with Crippen molar-refractivity contribution in [1.82, 2.24) is 4.90 Å². The second-order valence-corrected chi connectivity index (χ2v) is 6.08. The lowest BCUT2D eigenvalue weighted by atomic mass is 9.80. The SMILES string of the molecule is N#Cc1cccc(CN2CCC(CO)(c3ccccc3)C2)c1. The van der Waals surface area contributed by atoms with E-state index in [1.54, 1.807) is 0 Å². The maximum Gasteiger partial charge on any atom is 0.0991 e. The van der Waals surface area contributed by atoms with Crippen molar-refractivity contribution in [2.45, 2.75) is 18.4 Å². The molecular formula is C19H20N2O. The fourth-order valence-corrected chi connectivity index (χ4v) is 3.34. The quantitative estimate of drug-likeness (QED) is 0.942. The van der Waals surface area contributed by atoms with Crippen LogP contribution in [-0.2, 0) is 12.0 Å². The van der Waals surface area contributed by atoms with Crippen LogP contribution < -0.4 is 0 Å². The van der Waals surface area contributed by atoms with Gasteiger partial charge in [-0.1, -0.05) is 42.5 Å². The van der Waals surface area contributed by atoms with Gasteiger partial charge in [-0.15, -0.1) is 0 Å². The number of hydrogen-bond acceptors (Lipinski definition) is 3. The maximum atomic E-state index is 9.97. The first kappa shape index (κ1) is 14.8. The van der Waals surface area contributed by atoms with E-state index in [-0.39, 0.29) is 12.0 Å². The molecule has 1 unspecified atom stereocenters. The van der Waals surface area contributed by atoms with Crippen LogP contribution in [0.4, 0.5) is 0 Å². The summed E-state index contributed by atoms with van der Waals surface area (Å²) >= 11 is 0. The fourth-order valence-electron chi connectivity index (χ4n) is 3.34. The van der Waals surface area contributed by atoms with Crippen molar-refractivity contribution in [1.29, 1.82) is 5.26 Å². The molecule has 1 heterocycles. The predicted molar refractivity (Wildman–Crippen MR) is 86.3 cm³/mol. The van der Waals surface area contributed by atoms with Gasteiger partial charge in [-0.05, 0) is 36.2 Å². The minimum Gasteiger partial charge on any atom is -0.395 e. The molecule has 1 aliphatic heterocycles. The molecule has 0 aliphatic carbocycles. The highest BCUT2D eigenvalue weighted by molar-refractivity contribution is 5.33. The van der Waals surface area contributed by atoms with Crippen molar-refractivity contribution < 1.29 is 5.11 Å². The molecule has 1 N–H and O–H groups in total. The van der Waals surface area contributed by atoms with E-state index < -0.39 is 0 Å². The molecule has 1 aliphatic rings. The first-order valence-corrected chi connectivity index (χ1v) is 7.63. The van der Waals surface area contributed by atoms with Gasteiger partial charge in [0.2, 0.25) is 0 Å². The summed E-state index contributed by atoms with van der Waals surface area (Å²) in [6, 6.07) is 20.2. The molecular weight excluding hydrogens is 272 g/mol. The van der Waals surface area contributed by atoms with Crippen LogP contribution in [0.5, 0.6) is 0 Å². The maximum absolute atomic E-state index is 9.97. The topological polar surface area (TPSA) is 47.3 Å². The van der Waals surface area contributed by atoms with Gasteiger partial charge in [0.05, 0.1) is 18.2 Å². The fraction of sp³-hybridized carbons (Fsp3) is 0.316. The number of likely N-dealkylation sites (tertiary alicyclic amines) is 1. The van der Waals surface area contributed by atoms with Crippen molar-refractivity contribution in [3.63, 3.8) is 0 Å². The Morgan fingerprint density at radius 2 is 1.95 bits per heavy atom. The summed E-state index contributed by atoms with van der Waals surface area (Å²) in [4.78, 5) is 2.36. The van der Waals surface area contributed by atoms with Gasteiger partial charge < -0.3 is 5.11 Å². The summed E-state index contributed by atoms with van der Waals surface area (Å²) < 4.78 is 0. The number of nitriles is 1. The Morgan fingerprint density at radius 1 is 1.14 bits per heavy atom. The van der Waals surface area contributed by atoms with Crippen molar-refractivity contribution in [3.05, 3.63) is 71.3 Å². The van der Waals surface area contributed by atoms with Crippen molar-refractivity contribution >= 4 is 0 Å². The molecule has 1 fully saturated rings. The Morgan fingerprint density at radius 3 is 2.68 bits per heavy atom. The van der Waals surface area contributed by atoms with Crippen LogP contribution in [0.2, 0.25) is 0 Å². The van der Waals surface area contributed by atoms with E-state index >= 15 is 0 Å². The van der Waals surface area contributed by atoms with E-state index in [1.165, 1.54) is 5.56 Å². The van der Waals surface area contributed by atoms with Gasteiger partial charge in [0.15, 0.2) is 0 Å². The van der Waals surface area contributed by atoms with E-state index in [0.29, 0.717) is 5.56 Å². The Labute approximate surface area is 131 Å². The summed E-state index contributed by atoms with van der Waals surface area (Å²) in [5.41, 5.74) is 2.91. The highest BCUT2D eigenvalue weighted by Crippen LogP contribution is 2.34. The Bertz CT molecular complexity index is 677. The molecule has 3 nitrogen and oxygen atoms in total. The van der Waals surface area contributed by atoms with Gasteiger partial charge in [-0.3, -0.25) is 4.90 Å². The molecule has 3 rings (SSSR count). The molecule has 1 atom stereocenters. The zero-order chi connectivity index (χ0) is 15.4. The molecule has 112 valence electrons. The van der Waals surface area contributed by atoms with E-state index in [9.17, 15) is 5.11 Å². The summed E-state index contributed by atoms with van der Waals surface area (Å²) in [5.74, 6) is 0. The van der Waals surface area contributed by atoms with Gasteiger partial charge in [-0.25, -0.2) is 0 Å². The molecule has 1 saturated heterocycles. The number of hydrogen-bond donors (Lipinski definition) is 1. The number of nitrogens with zero attached hydrogens (tertiary/aromatic N) is 2. The Balaban J connectivity index is 1.75. The van der Waals surface area contributed by atoms with Crippen LogP contribution >= 0.6 is 0 Å². The highest BCUT2D eigenvalue weighted by Gasteiger charge is 2.38. The lowest BCUT2D eigenvalue weighted by Gasteiger charge is -2.28. The molecule has 0 saturated carbocycles. The van der Waals surface area contributed by atoms with E-state index in [1.807, 2.05) is 36.4 Å². The number of aliphatic hydroxyl groups is 1. The lowest BCUT2D eigenvalue weighted by Crippen LogP contribution is -2.34. The van der Waals surface area contributed by atoms with Gasteiger partial charge in [0, 0.05) is 18.5 Å². The van der Waals surface area contributed by atoms with Crippen LogP contribution in [0.1, 0.15) is 23.1 Å². The third-order valence-electron chi connectivity index (χ3n) is 4.58. The molecule has 3 heteroatoms. The van der Waals surface area contributed by atoms with Crippen LogP contribution in [0.3, 0.4) is 0 Å². The molecule has 0 radical (unpaired) electrons. The van der Waals surface area contributed by atoms with E-state index in [0.717, 1.165) is 31.6 Å². The summed E-state index contributed by atoms with van der Waals surface area (Å²) in [5, 5.41) is 19.0. The lowest BCUT2D eigenvalue weighted by molar-refractivity contribution is 0.188. The molecule has 0 bridgehead atoms. The third-order valence-corrected chi connectivity index (χ3v) is 4.58. The highest BCUT2D eigenvalue weighted by atomic mass is 16.3. The Hall–Kier alpha value is -2.15. The van der Waals surface area contributed by atoms with Crippen molar-refractivity contribution in [2.75, 3.05) is 19.7 Å². The first-order chi connectivity index (χ1) is 10.8. The minimum atomic E-state index is -0.159. The van der Waals surface area contributed by atoms with Gasteiger partial charge in [0.25, 0.3) is 0 Å². The van der Waals surface area contributed by atoms with Crippen LogP contribution in [0, 0.1) is 11.3 Å². The first-order valence-electron chi connectivity index (χ1n) is 7.63. The van der Waals surface area contributed by atoms with Crippen molar-refractivity contribution in [2.24, 2.45) is 0 Å². The van der Waals surface area contributed by atoms with E-state index in [2.05, 4.69) is 29.2 Å². The van der Waals surface area contributed by atoms with E-state index in [4.69, 9.17) is 5.26 Å². The molecule has 0 aromatic heterocycles. The standard InChI is InChI=1S/C19H20N2O/c20-12-16-5-4-6-17(11-16)13-21-10-9-19(14-21,15-22)18-7-2-1-3-8-18/h1-8,11,22H,9-10,13-15H2. The third kappa shape index (κ3) is 2.89. The van der Waals surface area contributed by atoms with Crippen LogP contribution in [-0.4, -0.2) is 29.7 Å². The molecule has 2 aromatic carbocycles. The van der Waals surface area contributed by atoms with Crippen LogP contribution in [0.25, 0.3) is 0 Å². The number of benzene rings is 2. The largest absolute Gasteiger partial charge is 0.395 e. The average molecular weight is 292 g/mol. The molecule has 22 heavy (non-hydrogen) atoms. The van der Waals surface area contributed by atoms with Gasteiger partial charge in [0.1, 0.15) is 0 Å². The van der Waals surface area contributed by atoms with Crippen LogP contribution in [0.15, 0.2) is 54.6 Å². The second-order valence-electron chi connectivity index (χ2n) is 6.08. The molecule has 0 amide bonds. The minimum absolute atomic E-state index is 0.159. The normalized spacial score (nSPS) is 21.6. The monoisotopic (exact) mass is 292 g/mol. The average Bonchev–Trinajstić information content (AvgIpc) is 3.00. The van der Waals surface area contributed by atoms with Crippen molar-refractivity contribution in [3.8, 4) is 6.07 Å². The molecule has 2 aromatic rings. The smallest absolute Gasteiger partial charge is 0.0991 e. The zero-order valence-corrected chi connectivity index (χ0v) is 12.6. The second kappa shape index (κ2) is 6.31. The number of rotatable bonds is 4. The summed E-state index contributed by atoms with van der Waals surface area (Å²) in [7, 11) is 0. The zero-order valence-electron chi connectivity index (χ0n) is 12.6.